The molecule has 1 aromatic rings. The van der Waals surface area contributed by atoms with E-state index in [1.165, 1.54) is 0 Å². The summed E-state index contributed by atoms with van der Waals surface area (Å²) in [6, 6.07) is 0. The Morgan fingerprint density at radius 2 is 2.13 bits per heavy atom. The number of fused-ring (bicyclic) bond motifs is 1. The van der Waals surface area contributed by atoms with Gasteiger partial charge in [-0.1, -0.05) is 13.0 Å². The van der Waals surface area contributed by atoms with Crippen molar-refractivity contribution in [2.45, 2.75) is 38.4 Å². The molecule has 2 heterocycles. The van der Waals surface area contributed by atoms with Crippen molar-refractivity contribution in [2.75, 3.05) is 18.5 Å². The van der Waals surface area contributed by atoms with Gasteiger partial charge in [0.25, 0.3) is 0 Å². The van der Waals surface area contributed by atoms with Crippen LogP contribution in [0.4, 0.5) is 5.69 Å². The number of Topliss-reactive ketones (excluding diaryl/α,β-unsaturated/α-hetero) is 1. The fraction of sp³-hybridized carbons (Fsp3) is 0.647. The van der Waals surface area contributed by atoms with E-state index in [0.717, 1.165) is 31.4 Å². The first kappa shape index (κ1) is 14.9. The Hall–Kier alpha value is -1.66. The van der Waals surface area contributed by atoms with Gasteiger partial charge in [-0.2, -0.15) is 5.10 Å². The van der Waals surface area contributed by atoms with E-state index in [-0.39, 0.29) is 17.1 Å². The zero-order chi connectivity index (χ0) is 16.1. The maximum atomic E-state index is 13.1. The van der Waals surface area contributed by atoms with Gasteiger partial charge < -0.3 is 14.8 Å². The minimum absolute atomic E-state index is 0.199. The number of ketones is 1. The van der Waals surface area contributed by atoms with Crippen LogP contribution in [-0.4, -0.2) is 34.6 Å². The Morgan fingerprint density at radius 3 is 2.83 bits per heavy atom. The van der Waals surface area contributed by atoms with Crippen LogP contribution in [0.3, 0.4) is 0 Å². The highest BCUT2D eigenvalue weighted by atomic mass is 16.7. The van der Waals surface area contributed by atoms with Gasteiger partial charge in [-0.05, 0) is 18.8 Å². The van der Waals surface area contributed by atoms with Crippen molar-refractivity contribution < 1.29 is 14.3 Å². The van der Waals surface area contributed by atoms with Gasteiger partial charge in [0.05, 0.1) is 30.8 Å². The van der Waals surface area contributed by atoms with Crippen LogP contribution in [0.5, 0.6) is 0 Å². The second-order valence-electron chi connectivity index (χ2n) is 7.14. The molecule has 2 atom stereocenters. The van der Waals surface area contributed by atoms with Crippen LogP contribution in [0.1, 0.15) is 32.6 Å². The molecule has 2 fully saturated rings. The Morgan fingerprint density at radius 1 is 1.35 bits per heavy atom. The summed E-state index contributed by atoms with van der Waals surface area (Å²) in [6.45, 7) is 3.43. The van der Waals surface area contributed by atoms with Crippen molar-refractivity contribution in [3.63, 3.8) is 0 Å². The number of nitrogens with zero attached hydrogens (tertiary/aromatic N) is 2. The SMILES string of the molecule is Cn1cc(NC2=CCC3CC4(CCC3(C)C2=O)OCCO4)cn1. The molecule has 0 bridgehead atoms. The quantitative estimate of drug-likeness (QED) is 0.906. The number of ether oxygens (including phenoxy) is 2. The van der Waals surface area contributed by atoms with E-state index in [0.29, 0.717) is 18.9 Å². The number of carbonyl (C=O) groups excluding carboxylic acids is 1. The molecule has 6 heteroatoms. The molecule has 1 saturated carbocycles. The first-order valence-corrected chi connectivity index (χ1v) is 8.29. The Bertz CT molecular complexity index is 660. The predicted octanol–water partition coefficient (Wildman–Crippen LogP) is 2.24. The molecular weight excluding hydrogens is 294 g/mol. The molecule has 6 nitrogen and oxygen atoms in total. The van der Waals surface area contributed by atoms with E-state index < -0.39 is 5.79 Å². The van der Waals surface area contributed by atoms with Crippen molar-refractivity contribution in [3.8, 4) is 0 Å². The predicted molar refractivity (Wildman–Crippen MR) is 84.6 cm³/mol. The highest BCUT2D eigenvalue weighted by Crippen LogP contribution is 2.52. The number of carbonyl (C=O) groups is 1. The Balaban J connectivity index is 1.55. The standard InChI is InChI=1S/C17H23N3O3/c1-16-5-6-17(22-7-8-23-17)9-12(16)3-4-14(15(16)21)19-13-10-18-20(2)11-13/h4,10-12,19H,3,5-9H2,1-2H3. The number of aryl methyl sites for hydroxylation is 1. The summed E-state index contributed by atoms with van der Waals surface area (Å²) in [6.07, 6.45) is 8.92. The molecule has 3 aliphatic rings. The summed E-state index contributed by atoms with van der Waals surface area (Å²) < 4.78 is 13.4. The van der Waals surface area contributed by atoms with Crippen LogP contribution in [0.2, 0.25) is 0 Å². The maximum absolute atomic E-state index is 13.1. The zero-order valence-electron chi connectivity index (χ0n) is 13.7. The van der Waals surface area contributed by atoms with Crippen molar-refractivity contribution in [3.05, 3.63) is 24.2 Å². The summed E-state index contributed by atoms with van der Waals surface area (Å²) in [5.41, 5.74) is 1.21. The molecular formula is C17H23N3O3. The van der Waals surface area contributed by atoms with Gasteiger partial charge in [-0.3, -0.25) is 9.48 Å². The smallest absolute Gasteiger partial charge is 0.184 e. The van der Waals surface area contributed by atoms with Crippen molar-refractivity contribution in [1.29, 1.82) is 0 Å². The average molecular weight is 317 g/mol. The number of hydrogen-bond donors (Lipinski definition) is 1. The third-order valence-corrected chi connectivity index (χ3v) is 5.65. The fourth-order valence-electron chi connectivity index (χ4n) is 4.17. The summed E-state index contributed by atoms with van der Waals surface area (Å²) in [4.78, 5) is 13.1. The number of aromatic nitrogens is 2. The van der Waals surface area contributed by atoms with Crippen LogP contribution in [0, 0.1) is 11.3 Å². The maximum Gasteiger partial charge on any atom is 0.184 e. The van der Waals surface area contributed by atoms with Gasteiger partial charge in [-0.15, -0.1) is 0 Å². The average Bonchev–Trinajstić information content (AvgIpc) is 3.15. The molecule has 1 N–H and O–H groups in total. The fourth-order valence-corrected chi connectivity index (χ4v) is 4.17. The van der Waals surface area contributed by atoms with Crippen molar-refractivity contribution >= 4 is 11.5 Å². The minimum Gasteiger partial charge on any atom is -0.350 e. The molecule has 23 heavy (non-hydrogen) atoms. The summed E-state index contributed by atoms with van der Waals surface area (Å²) >= 11 is 0. The Labute approximate surface area is 135 Å². The molecule has 0 radical (unpaired) electrons. The number of allylic oxidation sites excluding steroid dienone is 2. The molecule has 1 aliphatic heterocycles. The monoisotopic (exact) mass is 317 g/mol. The molecule has 1 spiro atoms. The van der Waals surface area contributed by atoms with Crippen LogP contribution in [-0.2, 0) is 21.3 Å². The lowest BCUT2D eigenvalue weighted by Crippen LogP contribution is -2.50. The number of rotatable bonds is 2. The molecule has 1 saturated heterocycles. The number of hydrogen-bond acceptors (Lipinski definition) is 5. The minimum atomic E-state index is -0.438. The highest BCUT2D eigenvalue weighted by molar-refractivity contribution is 6.03. The molecule has 0 amide bonds. The van der Waals surface area contributed by atoms with Crippen LogP contribution in [0.15, 0.2) is 24.2 Å². The van der Waals surface area contributed by atoms with E-state index in [4.69, 9.17) is 9.47 Å². The van der Waals surface area contributed by atoms with E-state index in [1.54, 1.807) is 10.9 Å². The molecule has 2 unspecified atom stereocenters. The van der Waals surface area contributed by atoms with Gasteiger partial charge in [0.15, 0.2) is 11.6 Å². The zero-order valence-corrected chi connectivity index (χ0v) is 13.7. The molecule has 2 aliphatic carbocycles. The molecule has 124 valence electrons. The second kappa shape index (κ2) is 5.18. The third kappa shape index (κ3) is 2.40. The van der Waals surface area contributed by atoms with Gasteiger partial charge in [0.2, 0.25) is 0 Å². The van der Waals surface area contributed by atoms with Gasteiger partial charge in [-0.25, -0.2) is 0 Å². The van der Waals surface area contributed by atoms with Crippen molar-refractivity contribution in [1.82, 2.24) is 9.78 Å². The first-order valence-electron chi connectivity index (χ1n) is 8.29. The highest BCUT2D eigenvalue weighted by Gasteiger charge is 2.54. The van der Waals surface area contributed by atoms with E-state index in [9.17, 15) is 4.79 Å². The number of anilines is 1. The van der Waals surface area contributed by atoms with E-state index in [1.807, 2.05) is 19.3 Å². The van der Waals surface area contributed by atoms with Gasteiger partial charge in [0.1, 0.15) is 0 Å². The largest absolute Gasteiger partial charge is 0.350 e. The lowest BCUT2D eigenvalue weighted by atomic mass is 9.59. The number of nitrogens with one attached hydrogen (secondary N) is 1. The molecule has 1 aromatic heterocycles. The van der Waals surface area contributed by atoms with Crippen LogP contribution >= 0.6 is 0 Å². The summed E-state index contributed by atoms with van der Waals surface area (Å²) in [7, 11) is 1.86. The van der Waals surface area contributed by atoms with E-state index >= 15 is 0 Å². The van der Waals surface area contributed by atoms with Gasteiger partial charge >= 0.3 is 0 Å². The normalized spacial score (nSPS) is 32.7. The third-order valence-electron chi connectivity index (χ3n) is 5.65. The first-order chi connectivity index (χ1) is 11.0. The summed E-state index contributed by atoms with van der Waals surface area (Å²) in [5.74, 6) is 0.0406. The summed E-state index contributed by atoms with van der Waals surface area (Å²) in [5, 5.41) is 7.37. The van der Waals surface area contributed by atoms with Gasteiger partial charge in [0, 0.05) is 31.5 Å². The second-order valence-corrected chi connectivity index (χ2v) is 7.14. The molecule has 0 aromatic carbocycles. The lowest BCUT2D eigenvalue weighted by molar-refractivity contribution is -0.205. The topological polar surface area (TPSA) is 65.4 Å². The van der Waals surface area contributed by atoms with E-state index in [2.05, 4.69) is 17.3 Å². The van der Waals surface area contributed by atoms with Crippen LogP contribution < -0.4 is 5.32 Å². The molecule has 4 rings (SSSR count). The van der Waals surface area contributed by atoms with Crippen molar-refractivity contribution in [2.24, 2.45) is 18.4 Å². The lowest BCUT2D eigenvalue weighted by Gasteiger charge is -2.48. The Kier molecular flexibility index (Phi) is 3.35. The van der Waals surface area contributed by atoms with Crippen LogP contribution in [0.25, 0.3) is 0 Å².